The minimum atomic E-state index is -0.244. The van der Waals surface area contributed by atoms with Crippen LogP contribution < -0.4 is 10.2 Å². The highest BCUT2D eigenvalue weighted by Crippen LogP contribution is 2.47. The van der Waals surface area contributed by atoms with Gasteiger partial charge in [0, 0.05) is 12.1 Å². The minimum Gasteiger partial charge on any atom is -0.468 e. The number of rotatable bonds is 5. The molecule has 0 amide bonds. The van der Waals surface area contributed by atoms with Crippen molar-refractivity contribution < 1.29 is 9.15 Å². The number of aromatic nitrogens is 2. The molecule has 1 aliphatic rings. The van der Waals surface area contributed by atoms with Crippen molar-refractivity contribution in [3.8, 4) is 11.6 Å². The molecule has 6 heteroatoms. The zero-order valence-corrected chi connectivity index (χ0v) is 17.1. The Kier molecular flexibility index (Phi) is 4.64. The molecule has 0 bridgehead atoms. The summed E-state index contributed by atoms with van der Waals surface area (Å²) < 4.78 is 14.0. The monoisotopic (exact) mass is 400 g/mol. The molecular formula is C24H24N4O2. The van der Waals surface area contributed by atoms with E-state index in [1.807, 2.05) is 34.9 Å². The molecule has 6 nitrogen and oxygen atoms in total. The fourth-order valence-electron chi connectivity index (χ4n) is 4.22. The van der Waals surface area contributed by atoms with Crippen molar-refractivity contribution >= 4 is 10.8 Å². The van der Waals surface area contributed by atoms with Crippen LogP contribution in [-0.4, -0.2) is 35.1 Å². The van der Waals surface area contributed by atoms with E-state index < -0.39 is 0 Å². The third-order valence-corrected chi connectivity index (χ3v) is 5.63. The van der Waals surface area contributed by atoms with Crippen molar-refractivity contribution in [2.45, 2.75) is 18.9 Å². The molecule has 2 aromatic carbocycles. The molecule has 0 fully saturated rings. The maximum atomic E-state index is 8.98. The van der Waals surface area contributed by atoms with Gasteiger partial charge in [-0.15, -0.1) is 0 Å². The van der Waals surface area contributed by atoms with Gasteiger partial charge in [-0.1, -0.05) is 30.3 Å². The molecule has 0 radical (unpaired) electrons. The van der Waals surface area contributed by atoms with Gasteiger partial charge in [-0.3, -0.25) is 5.41 Å². The zero-order valence-electron chi connectivity index (χ0n) is 17.1. The Morgan fingerprint density at radius 1 is 1.07 bits per heavy atom. The van der Waals surface area contributed by atoms with Gasteiger partial charge >= 0.3 is 0 Å². The fraction of sp³-hybridized carbons (Fsp3) is 0.250. The third-order valence-electron chi connectivity index (χ3n) is 5.63. The van der Waals surface area contributed by atoms with E-state index in [2.05, 4.69) is 42.2 Å². The van der Waals surface area contributed by atoms with Crippen LogP contribution in [0.1, 0.15) is 29.2 Å². The van der Waals surface area contributed by atoms with Crippen LogP contribution in [0.2, 0.25) is 0 Å². The second-order valence-corrected chi connectivity index (χ2v) is 7.91. The van der Waals surface area contributed by atoms with Crippen molar-refractivity contribution in [3.05, 3.63) is 83.5 Å². The van der Waals surface area contributed by atoms with Gasteiger partial charge < -0.3 is 18.6 Å². The number of furan rings is 1. The normalized spacial score (nSPS) is 15.1. The summed E-state index contributed by atoms with van der Waals surface area (Å²) in [7, 11) is 4.11. The number of nitrogens with zero attached hydrogens (tertiary/aromatic N) is 3. The maximum absolute atomic E-state index is 8.98. The first-order chi connectivity index (χ1) is 14.6. The lowest BCUT2D eigenvalue weighted by atomic mass is 9.84. The smallest absolute Gasteiger partial charge is 0.228 e. The summed E-state index contributed by atoms with van der Waals surface area (Å²) in [5.41, 5.74) is 2.19. The predicted molar refractivity (Wildman–Crippen MR) is 115 cm³/mol. The van der Waals surface area contributed by atoms with Gasteiger partial charge in [0.2, 0.25) is 5.88 Å². The van der Waals surface area contributed by atoms with E-state index >= 15 is 0 Å². The molecule has 1 N–H and O–H groups in total. The minimum absolute atomic E-state index is 0.244. The van der Waals surface area contributed by atoms with Gasteiger partial charge in [-0.05, 0) is 56.0 Å². The predicted octanol–water partition coefficient (Wildman–Crippen LogP) is 4.35. The SMILES string of the molecule is CN(C)CCCn1cnc2c(c1=N)C(c1ccco1)c1c(ccc3ccccc13)O2. The molecular weight excluding hydrogens is 376 g/mol. The Labute approximate surface area is 174 Å². The van der Waals surface area contributed by atoms with Crippen LogP contribution in [-0.2, 0) is 6.54 Å². The largest absolute Gasteiger partial charge is 0.468 e. The molecule has 0 saturated heterocycles. The van der Waals surface area contributed by atoms with E-state index in [0.717, 1.165) is 52.9 Å². The third kappa shape index (κ3) is 3.09. The molecule has 0 aliphatic carbocycles. The fourth-order valence-corrected chi connectivity index (χ4v) is 4.22. The molecule has 1 aliphatic heterocycles. The molecule has 152 valence electrons. The molecule has 5 rings (SSSR count). The quantitative estimate of drug-likeness (QED) is 0.476. The topological polar surface area (TPSA) is 67.3 Å². The Hall–Kier alpha value is -3.38. The first-order valence-corrected chi connectivity index (χ1v) is 10.1. The Balaban J connectivity index is 1.70. The highest BCUT2D eigenvalue weighted by Gasteiger charge is 2.35. The summed E-state index contributed by atoms with van der Waals surface area (Å²) in [5, 5.41) is 11.2. The van der Waals surface area contributed by atoms with E-state index in [1.54, 1.807) is 12.6 Å². The number of nitrogens with one attached hydrogen (secondary N) is 1. The number of aryl methyl sites for hydroxylation is 1. The van der Waals surface area contributed by atoms with Crippen LogP contribution in [0.25, 0.3) is 10.8 Å². The van der Waals surface area contributed by atoms with Crippen LogP contribution >= 0.6 is 0 Å². The number of fused-ring (bicyclic) bond motifs is 4. The summed E-state index contributed by atoms with van der Waals surface area (Å²) in [4.78, 5) is 6.73. The zero-order chi connectivity index (χ0) is 20.7. The number of hydrogen-bond donors (Lipinski definition) is 1. The summed E-state index contributed by atoms with van der Waals surface area (Å²) in [6.45, 7) is 1.68. The van der Waals surface area contributed by atoms with Gasteiger partial charge in [0.25, 0.3) is 0 Å². The average molecular weight is 400 g/mol. The molecule has 0 saturated carbocycles. The molecule has 0 spiro atoms. The van der Waals surface area contributed by atoms with Crippen molar-refractivity contribution in [2.24, 2.45) is 0 Å². The molecule has 3 heterocycles. The Morgan fingerprint density at radius 2 is 1.93 bits per heavy atom. The van der Waals surface area contributed by atoms with Crippen LogP contribution in [0.15, 0.2) is 65.5 Å². The van der Waals surface area contributed by atoms with Gasteiger partial charge in [0.05, 0.1) is 17.7 Å². The maximum Gasteiger partial charge on any atom is 0.228 e. The van der Waals surface area contributed by atoms with Crippen molar-refractivity contribution in [1.82, 2.24) is 14.5 Å². The molecule has 4 aromatic rings. The lowest BCUT2D eigenvalue weighted by Crippen LogP contribution is -2.30. The average Bonchev–Trinajstić information content (AvgIpc) is 3.28. The second kappa shape index (κ2) is 7.46. The van der Waals surface area contributed by atoms with Crippen LogP contribution in [0.5, 0.6) is 11.6 Å². The first-order valence-electron chi connectivity index (χ1n) is 10.1. The number of hydrogen-bond acceptors (Lipinski definition) is 5. The van der Waals surface area contributed by atoms with Crippen LogP contribution in [0.3, 0.4) is 0 Å². The van der Waals surface area contributed by atoms with E-state index in [-0.39, 0.29) is 5.92 Å². The van der Waals surface area contributed by atoms with E-state index in [9.17, 15) is 0 Å². The van der Waals surface area contributed by atoms with Crippen LogP contribution in [0.4, 0.5) is 0 Å². The molecule has 1 unspecified atom stereocenters. The lowest BCUT2D eigenvalue weighted by Gasteiger charge is -2.28. The van der Waals surface area contributed by atoms with Crippen molar-refractivity contribution in [2.75, 3.05) is 20.6 Å². The van der Waals surface area contributed by atoms with Crippen LogP contribution in [0, 0.1) is 5.41 Å². The highest BCUT2D eigenvalue weighted by atomic mass is 16.5. The molecule has 1 atom stereocenters. The highest BCUT2D eigenvalue weighted by molar-refractivity contribution is 5.90. The molecule has 30 heavy (non-hydrogen) atoms. The summed E-state index contributed by atoms with van der Waals surface area (Å²) >= 11 is 0. The second-order valence-electron chi connectivity index (χ2n) is 7.91. The van der Waals surface area contributed by atoms with E-state index in [0.29, 0.717) is 11.4 Å². The van der Waals surface area contributed by atoms with Gasteiger partial charge in [0.1, 0.15) is 23.3 Å². The Morgan fingerprint density at radius 3 is 2.73 bits per heavy atom. The van der Waals surface area contributed by atoms with Crippen molar-refractivity contribution in [1.29, 1.82) is 5.41 Å². The number of benzene rings is 2. The van der Waals surface area contributed by atoms with Gasteiger partial charge in [-0.25, -0.2) is 4.98 Å². The van der Waals surface area contributed by atoms with E-state index in [1.165, 1.54) is 0 Å². The summed E-state index contributed by atoms with van der Waals surface area (Å²) in [6.07, 6.45) is 4.33. The number of ether oxygens (including phenoxy) is 1. The lowest BCUT2D eigenvalue weighted by molar-refractivity contribution is 0.377. The molecule has 2 aromatic heterocycles. The van der Waals surface area contributed by atoms with Gasteiger partial charge in [-0.2, -0.15) is 0 Å². The van der Waals surface area contributed by atoms with Gasteiger partial charge in [0.15, 0.2) is 0 Å². The Bertz CT molecular complexity index is 1260. The summed E-state index contributed by atoms with van der Waals surface area (Å²) in [5.74, 6) is 1.79. The van der Waals surface area contributed by atoms with Crippen molar-refractivity contribution in [3.63, 3.8) is 0 Å². The summed E-state index contributed by atoms with van der Waals surface area (Å²) in [6, 6.07) is 16.2. The first kappa shape index (κ1) is 18.6. The van der Waals surface area contributed by atoms with E-state index in [4.69, 9.17) is 14.6 Å². The standard InChI is InChI=1S/C24H24N4O2/c1-27(2)12-6-13-28-15-26-24-22(23(28)25)21(18-9-5-14-29-18)20-17-8-4-3-7-16(17)10-11-19(20)30-24/h3-5,7-11,14-15,21,25H,6,12-13H2,1-2H3.